The molecule has 0 N–H and O–H groups in total. The van der Waals surface area contributed by atoms with Gasteiger partial charge >= 0.3 is 0 Å². The van der Waals surface area contributed by atoms with E-state index >= 15 is 0 Å². The fraction of sp³-hybridized carbons (Fsp3) is 0.235. The lowest BCUT2D eigenvalue weighted by Gasteiger charge is -2.10. The normalized spacial score (nSPS) is 10.6. The number of rotatable bonds is 6. The Bertz CT molecular complexity index is 507. The number of hydrogen-bond donors (Lipinski definition) is 0. The van der Waals surface area contributed by atoms with Crippen molar-refractivity contribution < 1.29 is 9.47 Å². The molecule has 0 unspecified atom stereocenters. The van der Waals surface area contributed by atoms with Gasteiger partial charge in [0, 0.05) is 9.79 Å². The molecule has 0 aromatic heterocycles. The van der Waals surface area contributed by atoms with Gasteiger partial charge in [-0.15, -0.1) is 10.5 Å². The van der Waals surface area contributed by atoms with Crippen LogP contribution in [0.2, 0.25) is 0 Å². The maximum absolute atomic E-state index is 5.46. The molecule has 0 bridgehead atoms. The van der Waals surface area contributed by atoms with Gasteiger partial charge in [0.15, 0.2) is 0 Å². The van der Waals surface area contributed by atoms with Crippen LogP contribution in [0.15, 0.2) is 58.3 Å². The summed E-state index contributed by atoms with van der Waals surface area (Å²) >= 11 is 0. The summed E-state index contributed by atoms with van der Waals surface area (Å²) in [6.07, 6.45) is 0. The third-order valence-corrected chi connectivity index (χ3v) is 4.52. The van der Waals surface area contributed by atoms with Gasteiger partial charge in [0.05, 0.1) is 13.2 Å². The molecule has 0 spiro atoms. The Morgan fingerprint density at radius 3 is 1.40 bits per heavy atom. The van der Waals surface area contributed by atoms with Gasteiger partial charge in [0.25, 0.3) is 0 Å². The lowest BCUT2D eigenvalue weighted by Crippen LogP contribution is -1.91. The van der Waals surface area contributed by atoms with Gasteiger partial charge in [0.2, 0.25) is 0 Å². The van der Waals surface area contributed by atoms with Crippen LogP contribution in [-0.2, 0) is 0 Å². The molecule has 0 aliphatic carbocycles. The van der Waals surface area contributed by atoms with Crippen LogP contribution in [0.3, 0.4) is 0 Å². The molecule has 2 rings (SSSR count). The average Bonchev–Trinajstić information content (AvgIpc) is 2.49. The highest BCUT2D eigenvalue weighted by Gasteiger charge is 2.02. The van der Waals surface area contributed by atoms with Crippen molar-refractivity contribution in [1.29, 1.82) is 0 Å². The largest absolute Gasteiger partial charge is 0.494 e. The molecule has 106 valence electrons. The summed E-state index contributed by atoms with van der Waals surface area (Å²) < 4.78 is 10.9. The lowest BCUT2D eigenvalue weighted by molar-refractivity contribution is 0.340. The Hall–Kier alpha value is -1.74. The van der Waals surface area contributed by atoms with Crippen molar-refractivity contribution in [1.82, 2.24) is 0 Å². The molecule has 2 nitrogen and oxygen atoms in total. The first-order valence-electron chi connectivity index (χ1n) is 6.74. The van der Waals surface area contributed by atoms with E-state index in [9.17, 15) is 0 Å². The summed E-state index contributed by atoms with van der Waals surface area (Å²) in [5.74, 6) is 6.08. The molecule has 0 atom stereocenters. The van der Waals surface area contributed by atoms with Gasteiger partial charge in [-0.1, -0.05) is 5.87 Å². The van der Waals surface area contributed by atoms with Crippen LogP contribution < -0.4 is 9.47 Å². The van der Waals surface area contributed by atoms with Crippen LogP contribution in [0.4, 0.5) is 0 Å². The molecule has 0 radical (unpaired) electrons. The van der Waals surface area contributed by atoms with Crippen LogP contribution in [0.5, 0.6) is 11.5 Å². The summed E-state index contributed by atoms with van der Waals surface area (Å²) in [4.78, 5) is 2.41. The fourth-order valence-electron chi connectivity index (χ4n) is 1.87. The summed E-state index contributed by atoms with van der Waals surface area (Å²) in [5.41, 5.74) is 0. The van der Waals surface area contributed by atoms with E-state index < -0.39 is 0 Å². The Kier molecular flexibility index (Phi) is 5.24. The van der Waals surface area contributed by atoms with E-state index in [4.69, 9.17) is 9.47 Å². The van der Waals surface area contributed by atoms with Gasteiger partial charge in [-0.25, -0.2) is 0 Å². The van der Waals surface area contributed by atoms with Gasteiger partial charge < -0.3 is 9.47 Å². The van der Waals surface area contributed by atoms with Crippen molar-refractivity contribution >= 4 is 16.4 Å². The lowest BCUT2D eigenvalue weighted by atomic mass is 10.3. The molecule has 2 aromatic carbocycles. The smallest absolute Gasteiger partial charge is 0.119 e. The highest BCUT2D eigenvalue weighted by atomic mass is 32.2. The van der Waals surface area contributed by atoms with Crippen molar-refractivity contribution in [2.24, 2.45) is 0 Å². The maximum atomic E-state index is 5.46. The molecule has 0 fully saturated rings. The first kappa shape index (κ1) is 14.7. The van der Waals surface area contributed by atoms with E-state index in [1.165, 1.54) is 9.79 Å². The molecule has 0 aliphatic heterocycles. The number of ether oxygens (including phenoxy) is 2. The van der Waals surface area contributed by atoms with Crippen molar-refractivity contribution in [3.05, 3.63) is 48.5 Å². The minimum Gasteiger partial charge on any atom is -0.494 e. The van der Waals surface area contributed by atoms with E-state index in [1.54, 1.807) is 0 Å². The molecular formula is C17H20O2S. The second kappa shape index (κ2) is 7.15. The fourth-order valence-corrected chi connectivity index (χ4v) is 3.07. The molecule has 20 heavy (non-hydrogen) atoms. The van der Waals surface area contributed by atoms with Crippen molar-refractivity contribution in [3.63, 3.8) is 0 Å². The SMILES string of the molecule is C=S(c1ccc(OCC)cc1)c1ccc(OCC)cc1. The van der Waals surface area contributed by atoms with Crippen molar-refractivity contribution in [2.75, 3.05) is 13.2 Å². The average molecular weight is 288 g/mol. The first-order chi connectivity index (χ1) is 9.74. The standard InChI is InChI=1S/C17H20O2S/c1-4-18-14-6-10-16(11-7-14)20(3)17-12-8-15(9-13-17)19-5-2/h6-13H,3-5H2,1-2H3. The zero-order valence-electron chi connectivity index (χ0n) is 12.0. The molecule has 0 amide bonds. The maximum Gasteiger partial charge on any atom is 0.119 e. The van der Waals surface area contributed by atoms with Crippen molar-refractivity contribution in [3.8, 4) is 11.5 Å². The third-order valence-electron chi connectivity index (χ3n) is 2.84. The van der Waals surface area contributed by atoms with E-state index in [-0.39, 0.29) is 10.5 Å². The molecule has 0 saturated carbocycles. The Labute approximate surface area is 123 Å². The molecule has 0 aliphatic rings. The van der Waals surface area contributed by atoms with Crippen LogP contribution >= 0.6 is 10.5 Å². The van der Waals surface area contributed by atoms with Gasteiger partial charge in [-0.05, 0) is 62.4 Å². The quantitative estimate of drug-likeness (QED) is 0.723. The zero-order chi connectivity index (χ0) is 14.4. The summed E-state index contributed by atoms with van der Waals surface area (Å²) in [7, 11) is -0.182. The van der Waals surface area contributed by atoms with E-state index in [0.29, 0.717) is 13.2 Å². The molecule has 0 heterocycles. The highest BCUT2D eigenvalue weighted by Crippen LogP contribution is 2.35. The summed E-state index contributed by atoms with van der Waals surface area (Å²) in [6, 6.07) is 16.3. The first-order valence-corrected chi connectivity index (χ1v) is 8.13. The third kappa shape index (κ3) is 3.64. The predicted molar refractivity (Wildman–Crippen MR) is 86.5 cm³/mol. The summed E-state index contributed by atoms with van der Waals surface area (Å²) in [5, 5.41) is 0. The summed E-state index contributed by atoms with van der Waals surface area (Å²) in [6.45, 7) is 5.35. The van der Waals surface area contributed by atoms with Crippen molar-refractivity contribution in [2.45, 2.75) is 23.6 Å². The topological polar surface area (TPSA) is 18.5 Å². The second-order valence-corrected chi connectivity index (χ2v) is 5.92. The van der Waals surface area contributed by atoms with E-state index in [2.05, 4.69) is 30.1 Å². The Morgan fingerprint density at radius 2 is 1.10 bits per heavy atom. The minimum atomic E-state index is -0.182. The molecular weight excluding hydrogens is 268 g/mol. The van der Waals surface area contributed by atoms with Gasteiger partial charge in [-0.3, -0.25) is 0 Å². The van der Waals surface area contributed by atoms with Gasteiger partial charge in [0.1, 0.15) is 11.5 Å². The monoisotopic (exact) mass is 288 g/mol. The van der Waals surface area contributed by atoms with Gasteiger partial charge in [-0.2, -0.15) is 0 Å². The number of hydrogen-bond acceptors (Lipinski definition) is 2. The highest BCUT2D eigenvalue weighted by molar-refractivity contribution is 8.14. The van der Waals surface area contributed by atoms with Crippen LogP contribution in [0.1, 0.15) is 13.8 Å². The Balaban J connectivity index is 2.13. The molecule has 0 saturated heterocycles. The number of benzene rings is 2. The van der Waals surface area contributed by atoms with Crippen LogP contribution in [0, 0.1) is 0 Å². The molecule has 3 heteroatoms. The molecule has 2 aromatic rings. The predicted octanol–water partition coefficient (Wildman–Crippen LogP) is 4.60. The Morgan fingerprint density at radius 1 is 0.750 bits per heavy atom. The van der Waals surface area contributed by atoms with Crippen LogP contribution in [-0.4, -0.2) is 19.1 Å². The minimum absolute atomic E-state index is 0.182. The van der Waals surface area contributed by atoms with E-state index in [0.717, 1.165) is 11.5 Å². The second-order valence-electron chi connectivity index (χ2n) is 4.20. The van der Waals surface area contributed by atoms with E-state index in [1.807, 2.05) is 38.1 Å². The van der Waals surface area contributed by atoms with Crippen LogP contribution in [0.25, 0.3) is 0 Å². The zero-order valence-corrected chi connectivity index (χ0v) is 12.8.